The van der Waals surface area contributed by atoms with Crippen molar-refractivity contribution in [2.75, 3.05) is 5.32 Å². The second-order valence-corrected chi connectivity index (χ2v) is 6.43. The van der Waals surface area contributed by atoms with E-state index in [1.807, 2.05) is 61.5 Å². The lowest BCUT2D eigenvalue weighted by atomic mass is 10.1. The molecule has 0 saturated heterocycles. The topological polar surface area (TPSA) is 59.8 Å². The number of para-hydroxylation sites is 1. The summed E-state index contributed by atoms with van der Waals surface area (Å²) in [5.41, 5.74) is 4.22. The number of pyridine rings is 1. The van der Waals surface area contributed by atoms with Crippen molar-refractivity contribution in [3.63, 3.8) is 0 Å². The molecule has 0 aliphatic rings. The van der Waals surface area contributed by atoms with Crippen molar-refractivity contribution in [3.05, 3.63) is 88.5 Å². The van der Waals surface area contributed by atoms with Gasteiger partial charge in [0, 0.05) is 11.9 Å². The zero-order valence-corrected chi connectivity index (χ0v) is 15.3. The third kappa shape index (κ3) is 3.19. The predicted molar refractivity (Wildman–Crippen MR) is 109 cm³/mol. The number of anilines is 2. The molecule has 0 spiro atoms. The second kappa shape index (κ2) is 7.03. The highest BCUT2D eigenvalue weighted by molar-refractivity contribution is 5.81. The molecule has 2 aromatic heterocycles. The molecular weight excluding hydrogens is 336 g/mol. The van der Waals surface area contributed by atoms with E-state index >= 15 is 0 Å². The molecule has 134 valence electrons. The lowest BCUT2D eigenvalue weighted by Gasteiger charge is -2.16. The number of aryl methyl sites for hydroxylation is 2. The van der Waals surface area contributed by atoms with Gasteiger partial charge in [0.15, 0.2) is 0 Å². The monoisotopic (exact) mass is 356 g/mol. The molecule has 4 rings (SSSR count). The van der Waals surface area contributed by atoms with Gasteiger partial charge in [0.25, 0.3) is 5.56 Å². The molecule has 5 heteroatoms. The van der Waals surface area contributed by atoms with Crippen molar-refractivity contribution >= 4 is 22.5 Å². The summed E-state index contributed by atoms with van der Waals surface area (Å²) >= 11 is 0. The quantitative estimate of drug-likeness (QED) is 0.589. The smallest absolute Gasteiger partial charge is 0.267 e. The minimum atomic E-state index is -0.107. The number of aromatic nitrogens is 3. The van der Waals surface area contributed by atoms with Gasteiger partial charge in [-0.15, -0.1) is 0 Å². The number of fused-ring (bicyclic) bond motifs is 1. The number of rotatable bonds is 4. The molecule has 0 bridgehead atoms. The van der Waals surface area contributed by atoms with E-state index in [9.17, 15) is 4.79 Å². The summed E-state index contributed by atoms with van der Waals surface area (Å²) < 4.78 is 1.61. The summed E-state index contributed by atoms with van der Waals surface area (Å²) in [7, 11) is 0. The molecule has 0 aliphatic carbocycles. The van der Waals surface area contributed by atoms with Crippen molar-refractivity contribution in [1.82, 2.24) is 14.5 Å². The van der Waals surface area contributed by atoms with E-state index in [0.29, 0.717) is 16.9 Å². The molecule has 0 aliphatic heterocycles. The minimum absolute atomic E-state index is 0.107. The summed E-state index contributed by atoms with van der Waals surface area (Å²) in [5.74, 6) is 0.471. The number of hydrogen-bond donors (Lipinski definition) is 1. The fourth-order valence-corrected chi connectivity index (χ4v) is 3.10. The average Bonchev–Trinajstić information content (AvgIpc) is 2.70. The molecule has 0 amide bonds. The molecule has 0 saturated carbocycles. The zero-order chi connectivity index (χ0) is 18.8. The van der Waals surface area contributed by atoms with Crippen LogP contribution in [0.2, 0.25) is 0 Å². The van der Waals surface area contributed by atoms with Crippen LogP contribution < -0.4 is 10.9 Å². The van der Waals surface area contributed by atoms with Crippen LogP contribution in [0.25, 0.3) is 16.6 Å². The molecule has 2 heterocycles. The van der Waals surface area contributed by atoms with Gasteiger partial charge in [0.05, 0.1) is 22.8 Å². The maximum absolute atomic E-state index is 13.4. The van der Waals surface area contributed by atoms with Crippen LogP contribution in [0.3, 0.4) is 0 Å². The van der Waals surface area contributed by atoms with E-state index < -0.39 is 0 Å². The summed E-state index contributed by atoms with van der Waals surface area (Å²) in [4.78, 5) is 22.4. The van der Waals surface area contributed by atoms with Crippen LogP contribution in [0.5, 0.6) is 0 Å². The van der Waals surface area contributed by atoms with E-state index in [-0.39, 0.29) is 5.56 Å². The van der Waals surface area contributed by atoms with Gasteiger partial charge < -0.3 is 5.32 Å². The fraction of sp³-hybridized carbons (Fsp3) is 0.136. The van der Waals surface area contributed by atoms with E-state index in [1.54, 1.807) is 17.0 Å². The highest BCUT2D eigenvalue weighted by Gasteiger charge is 2.15. The molecule has 0 atom stereocenters. The van der Waals surface area contributed by atoms with E-state index in [4.69, 9.17) is 4.98 Å². The Morgan fingerprint density at radius 3 is 2.63 bits per heavy atom. The maximum atomic E-state index is 13.4. The largest absolute Gasteiger partial charge is 0.325 e. The Morgan fingerprint density at radius 2 is 1.89 bits per heavy atom. The standard InChI is InChI=1S/C22H20N4O/c1-3-16-9-10-19-18(13-16)21(27)26(20-14-23-12-11-15(20)2)22(25-19)24-17-7-5-4-6-8-17/h4-14H,3H2,1-2H3,(H,24,25). The van der Waals surface area contributed by atoms with Crippen LogP contribution >= 0.6 is 0 Å². The van der Waals surface area contributed by atoms with Crippen LogP contribution in [-0.2, 0) is 6.42 Å². The van der Waals surface area contributed by atoms with Gasteiger partial charge in [-0.2, -0.15) is 0 Å². The first kappa shape index (κ1) is 17.0. The highest BCUT2D eigenvalue weighted by atomic mass is 16.1. The summed E-state index contributed by atoms with van der Waals surface area (Å²) in [6.45, 7) is 4.03. The lowest BCUT2D eigenvalue weighted by molar-refractivity contribution is 0.951. The van der Waals surface area contributed by atoms with Crippen molar-refractivity contribution in [3.8, 4) is 5.69 Å². The van der Waals surface area contributed by atoms with Crippen LogP contribution in [-0.4, -0.2) is 14.5 Å². The SMILES string of the molecule is CCc1ccc2nc(Nc3ccccc3)n(-c3cnccc3C)c(=O)c2c1. The van der Waals surface area contributed by atoms with Crippen LogP contribution in [0.4, 0.5) is 11.6 Å². The van der Waals surface area contributed by atoms with E-state index in [2.05, 4.69) is 17.2 Å². The summed E-state index contributed by atoms with van der Waals surface area (Å²) in [6.07, 6.45) is 4.28. The van der Waals surface area contributed by atoms with Crippen molar-refractivity contribution < 1.29 is 0 Å². The molecule has 27 heavy (non-hydrogen) atoms. The van der Waals surface area contributed by atoms with Crippen LogP contribution in [0.1, 0.15) is 18.1 Å². The minimum Gasteiger partial charge on any atom is -0.325 e. The normalized spacial score (nSPS) is 10.9. The van der Waals surface area contributed by atoms with Crippen molar-refractivity contribution in [1.29, 1.82) is 0 Å². The second-order valence-electron chi connectivity index (χ2n) is 6.43. The molecule has 5 nitrogen and oxygen atoms in total. The Hall–Kier alpha value is -3.47. The number of benzene rings is 2. The first-order valence-corrected chi connectivity index (χ1v) is 8.96. The van der Waals surface area contributed by atoms with Gasteiger partial charge in [-0.25, -0.2) is 9.55 Å². The Balaban J connectivity index is 2.01. The Kier molecular flexibility index (Phi) is 4.42. The molecule has 1 N–H and O–H groups in total. The fourth-order valence-electron chi connectivity index (χ4n) is 3.10. The number of nitrogens with zero attached hydrogens (tertiary/aromatic N) is 3. The van der Waals surface area contributed by atoms with Crippen molar-refractivity contribution in [2.24, 2.45) is 0 Å². The average molecular weight is 356 g/mol. The Morgan fingerprint density at radius 1 is 1.07 bits per heavy atom. The van der Waals surface area contributed by atoms with Gasteiger partial charge in [-0.05, 0) is 54.8 Å². The van der Waals surface area contributed by atoms with Crippen molar-refractivity contribution in [2.45, 2.75) is 20.3 Å². The molecule has 2 aromatic carbocycles. The summed E-state index contributed by atoms with van der Waals surface area (Å²) in [6, 6.07) is 17.5. The van der Waals surface area contributed by atoms with E-state index in [0.717, 1.165) is 28.9 Å². The van der Waals surface area contributed by atoms with Gasteiger partial charge in [0.1, 0.15) is 0 Å². The highest BCUT2D eigenvalue weighted by Crippen LogP contribution is 2.22. The molecule has 0 radical (unpaired) electrons. The summed E-state index contributed by atoms with van der Waals surface area (Å²) in [5, 5.41) is 3.89. The first-order chi connectivity index (χ1) is 13.2. The Labute approximate surface area is 157 Å². The van der Waals surface area contributed by atoms with Gasteiger partial charge in [-0.3, -0.25) is 9.78 Å². The van der Waals surface area contributed by atoms with Gasteiger partial charge in [0.2, 0.25) is 5.95 Å². The third-order valence-corrected chi connectivity index (χ3v) is 4.62. The first-order valence-electron chi connectivity index (χ1n) is 8.96. The van der Waals surface area contributed by atoms with Gasteiger partial charge >= 0.3 is 0 Å². The lowest BCUT2D eigenvalue weighted by Crippen LogP contribution is -2.23. The molecule has 4 aromatic rings. The number of nitrogens with one attached hydrogen (secondary N) is 1. The Bertz CT molecular complexity index is 1170. The predicted octanol–water partition coefficient (Wildman–Crippen LogP) is 4.40. The molecule has 0 fully saturated rings. The molecule has 0 unspecified atom stereocenters. The van der Waals surface area contributed by atoms with Crippen LogP contribution in [0.15, 0.2) is 71.8 Å². The van der Waals surface area contributed by atoms with Gasteiger partial charge in [-0.1, -0.05) is 31.2 Å². The molecular formula is C22H20N4O. The number of hydrogen-bond acceptors (Lipinski definition) is 4. The van der Waals surface area contributed by atoms with E-state index in [1.165, 1.54) is 0 Å². The third-order valence-electron chi connectivity index (χ3n) is 4.62. The van der Waals surface area contributed by atoms with Crippen LogP contribution in [0, 0.1) is 6.92 Å². The maximum Gasteiger partial charge on any atom is 0.267 e. The zero-order valence-electron chi connectivity index (χ0n) is 15.3.